The van der Waals surface area contributed by atoms with Crippen molar-refractivity contribution in [3.8, 4) is 0 Å². The van der Waals surface area contributed by atoms with Crippen LogP contribution in [0.1, 0.15) is 29.7 Å². The quantitative estimate of drug-likeness (QED) is 0.913. The Morgan fingerprint density at radius 1 is 1.16 bits per heavy atom. The fourth-order valence-electron chi connectivity index (χ4n) is 2.21. The van der Waals surface area contributed by atoms with Crippen LogP contribution in [0.2, 0.25) is 0 Å². The highest BCUT2D eigenvalue weighted by Crippen LogP contribution is 2.27. The molecule has 1 atom stereocenters. The Labute approximate surface area is 115 Å². The van der Waals surface area contributed by atoms with E-state index in [0.29, 0.717) is 0 Å². The highest BCUT2D eigenvalue weighted by molar-refractivity contribution is 5.63. The van der Waals surface area contributed by atoms with Crippen molar-refractivity contribution >= 4 is 11.5 Å². The lowest BCUT2D eigenvalue weighted by atomic mass is 10.1. The molecule has 0 aliphatic rings. The smallest absolute Gasteiger partial charge is 0.132 e. The van der Waals surface area contributed by atoms with E-state index in [-0.39, 0.29) is 6.04 Å². The van der Waals surface area contributed by atoms with Gasteiger partial charge in [-0.25, -0.2) is 4.98 Å². The van der Waals surface area contributed by atoms with Gasteiger partial charge in [-0.15, -0.1) is 0 Å². The van der Waals surface area contributed by atoms with Crippen LogP contribution < -0.4 is 10.6 Å². The number of aromatic nitrogens is 1. The summed E-state index contributed by atoms with van der Waals surface area (Å²) in [7, 11) is 2.03. The van der Waals surface area contributed by atoms with Crippen molar-refractivity contribution in [2.24, 2.45) is 5.73 Å². The summed E-state index contributed by atoms with van der Waals surface area (Å²) in [6.07, 6.45) is 1.81. The molecule has 1 unspecified atom stereocenters. The van der Waals surface area contributed by atoms with Crippen LogP contribution >= 0.6 is 0 Å². The molecule has 0 spiro atoms. The summed E-state index contributed by atoms with van der Waals surface area (Å²) in [5.41, 5.74) is 10.7. The Bertz CT molecular complexity index is 576. The van der Waals surface area contributed by atoms with E-state index in [1.54, 1.807) is 0 Å². The Morgan fingerprint density at radius 3 is 2.53 bits per heavy atom. The molecule has 1 heterocycles. The van der Waals surface area contributed by atoms with Gasteiger partial charge in [-0.1, -0.05) is 17.7 Å². The average molecular weight is 255 g/mol. The fourth-order valence-corrected chi connectivity index (χ4v) is 2.21. The van der Waals surface area contributed by atoms with Crippen LogP contribution in [0, 0.1) is 13.8 Å². The number of benzene rings is 1. The third kappa shape index (κ3) is 2.93. The number of pyridine rings is 1. The number of anilines is 2. The van der Waals surface area contributed by atoms with Crippen molar-refractivity contribution in [2.75, 3.05) is 11.9 Å². The van der Waals surface area contributed by atoms with Crippen molar-refractivity contribution < 1.29 is 0 Å². The molecule has 2 N–H and O–H groups in total. The summed E-state index contributed by atoms with van der Waals surface area (Å²) in [6.45, 7) is 6.20. The molecule has 0 radical (unpaired) electrons. The van der Waals surface area contributed by atoms with Crippen LogP contribution in [0.15, 0.2) is 36.5 Å². The second-order valence-corrected chi connectivity index (χ2v) is 5.09. The summed E-state index contributed by atoms with van der Waals surface area (Å²) in [6, 6.07) is 10.5. The number of nitrogens with two attached hydrogens (primary N) is 1. The van der Waals surface area contributed by atoms with Crippen LogP contribution in [0.4, 0.5) is 11.5 Å². The molecule has 0 aliphatic carbocycles. The van der Waals surface area contributed by atoms with Gasteiger partial charge in [0.1, 0.15) is 5.82 Å². The summed E-state index contributed by atoms with van der Waals surface area (Å²) < 4.78 is 0. The van der Waals surface area contributed by atoms with E-state index >= 15 is 0 Å². The molecule has 0 bridgehead atoms. The zero-order chi connectivity index (χ0) is 14.0. The number of rotatable bonds is 3. The second-order valence-electron chi connectivity index (χ2n) is 5.09. The van der Waals surface area contributed by atoms with E-state index in [1.807, 2.05) is 32.3 Å². The summed E-state index contributed by atoms with van der Waals surface area (Å²) >= 11 is 0. The van der Waals surface area contributed by atoms with Gasteiger partial charge in [0.05, 0.1) is 0 Å². The Kier molecular flexibility index (Phi) is 3.86. The summed E-state index contributed by atoms with van der Waals surface area (Å²) in [4.78, 5) is 6.53. The maximum absolute atomic E-state index is 5.92. The lowest BCUT2D eigenvalue weighted by Gasteiger charge is -2.21. The van der Waals surface area contributed by atoms with Gasteiger partial charge in [0, 0.05) is 25.0 Å². The molecule has 0 aliphatic heterocycles. The highest BCUT2D eigenvalue weighted by atomic mass is 15.2. The van der Waals surface area contributed by atoms with Gasteiger partial charge in [0.25, 0.3) is 0 Å². The molecule has 19 heavy (non-hydrogen) atoms. The molecule has 3 nitrogen and oxygen atoms in total. The van der Waals surface area contributed by atoms with Crippen molar-refractivity contribution in [1.29, 1.82) is 0 Å². The van der Waals surface area contributed by atoms with Crippen LogP contribution in [-0.2, 0) is 0 Å². The van der Waals surface area contributed by atoms with E-state index in [2.05, 4.69) is 41.9 Å². The van der Waals surface area contributed by atoms with Crippen molar-refractivity contribution in [1.82, 2.24) is 4.98 Å². The molecule has 1 aromatic carbocycles. The maximum Gasteiger partial charge on any atom is 0.132 e. The third-order valence-electron chi connectivity index (χ3n) is 3.35. The van der Waals surface area contributed by atoms with Gasteiger partial charge in [-0.05, 0) is 50.1 Å². The minimum absolute atomic E-state index is 0.0225. The number of hydrogen-bond donors (Lipinski definition) is 1. The second kappa shape index (κ2) is 5.41. The lowest BCUT2D eigenvalue weighted by molar-refractivity contribution is 0.814. The minimum Gasteiger partial charge on any atom is -0.329 e. The molecule has 100 valence electrons. The maximum atomic E-state index is 5.92. The predicted octanol–water partition coefficient (Wildman–Crippen LogP) is 3.49. The number of nitrogens with zero attached hydrogens (tertiary/aromatic N) is 2. The van der Waals surface area contributed by atoms with Crippen molar-refractivity contribution in [2.45, 2.75) is 26.8 Å². The van der Waals surface area contributed by atoms with Crippen molar-refractivity contribution in [3.63, 3.8) is 0 Å². The first-order valence-corrected chi connectivity index (χ1v) is 6.51. The van der Waals surface area contributed by atoms with E-state index in [4.69, 9.17) is 5.73 Å². The fraction of sp³-hybridized carbons (Fsp3) is 0.312. The number of aryl methyl sites for hydroxylation is 2. The first kappa shape index (κ1) is 13.6. The molecular weight excluding hydrogens is 234 g/mol. The zero-order valence-corrected chi connectivity index (χ0v) is 12.0. The standard InChI is InChI=1S/C16H21N3/c1-11-5-6-15(12(2)9-11)19(4)16-10-14(13(3)17)7-8-18-16/h5-10,13H,17H2,1-4H3. The van der Waals surface area contributed by atoms with E-state index in [0.717, 1.165) is 11.4 Å². The van der Waals surface area contributed by atoms with Crippen LogP contribution in [0.5, 0.6) is 0 Å². The summed E-state index contributed by atoms with van der Waals surface area (Å²) in [5, 5.41) is 0. The van der Waals surface area contributed by atoms with Gasteiger partial charge in [-0.3, -0.25) is 0 Å². The molecule has 2 aromatic rings. The normalized spacial score (nSPS) is 12.3. The molecule has 0 saturated heterocycles. The lowest BCUT2D eigenvalue weighted by Crippen LogP contribution is -2.14. The average Bonchev–Trinajstić information content (AvgIpc) is 2.38. The molecule has 0 saturated carbocycles. The molecule has 0 amide bonds. The van der Waals surface area contributed by atoms with E-state index < -0.39 is 0 Å². The predicted molar refractivity (Wildman–Crippen MR) is 80.8 cm³/mol. The summed E-state index contributed by atoms with van der Waals surface area (Å²) in [5.74, 6) is 0.918. The highest BCUT2D eigenvalue weighted by Gasteiger charge is 2.09. The molecule has 0 fully saturated rings. The van der Waals surface area contributed by atoms with E-state index in [9.17, 15) is 0 Å². The van der Waals surface area contributed by atoms with Crippen LogP contribution in [0.3, 0.4) is 0 Å². The molecule has 3 heteroatoms. The van der Waals surface area contributed by atoms with E-state index in [1.165, 1.54) is 16.8 Å². The first-order chi connectivity index (χ1) is 8.99. The monoisotopic (exact) mass is 255 g/mol. The Balaban J connectivity index is 2.38. The molecular formula is C16H21N3. The largest absolute Gasteiger partial charge is 0.329 e. The molecule has 2 rings (SSSR count). The van der Waals surface area contributed by atoms with Gasteiger partial charge in [-0.2, -0.15) is 0 Å². The first-order valence-electron chi connectivity index (χ1n) is 6.51. The van der Waals surface area contributed by atoms with Gasteiger partial charge in [0.2, 0.25) is 0 Å². The van der Waals surface area contributed by atoms with Gasteiger partial charge in [0.15, 0.2) is 0 Å². The SMILES string of the molecule is Cc1ccc(N(C)c2cc(C(C)N)ccn2)c(C)c1. The third-order valence-corrected chi connectivity index (χ3v) is 3.35. The van der Waals surface area contributed by atoms with Crippen molar-refractivity contribution in [3.05, 3.63) is 53.2 Å². The Hall–Kier alpha value is -1.87. The minimum atomic E-state index is 0.0225. The van der Waals surface area contributed by atoms with Crippen LogP contribution in [0.25, 0.3) is 0 Å². The number of hydrogen-bond acceptors (Lipinski definition) is 3. The van der Waals surface area contributed by atoms with Gasteiger partial charge >= 0.3 is 0 Å². The Morgan fingerprint density at radius 2 is 1.89 bits per heavy atom. The molecule has 1 aromatic heterocycles. The van der Waals surface area contributed by atoms with Gasteiger partial charge < -0.3 is 10.6 Å². The van der Waals surface area contributed by atoms with Crippen LogP contribution in [-0.4, -0.2) is 12.0 Å². The zero-order valence-electron chi connectivity index (χ0n) is 12.0. The topological polar surface area (TPSA) is 42.1 Å².